The van der Waals surface area contributed by atoms with Crippen LogP contribution in [0.25, 0.3) is 0 Å². The highest BCUT2D eigenvalue weighted by Crippen LogP contribution is 2.46. The lowest BCUT2D eigenvalue weighted by atomic mass is 9.63. The van der Waals surface area contributed by atoms with Gasteiger partial charge in [0.2, 0.25) is 5.91 Å². The molecule has 0 heterocycles. The maximum atomic E-state index is 10.5. The topological polar surface area (TPSA) is 43.1 Å². The average Bonchev–Trinajstić information content (AvgIpc) is 2.07. The van der Waals surface area contributed by atoms with E-state index in [1.165, 1.54) is 38.5 Å². The van der Waals surface area contributed by atoms with Crippen LogP contribution < -0.4 is 5.73 Å². The summed E-state index contributed by atoms with van der Waals surface area (Å²) in [5.74, 6) is 0.826. The molecule has 1 aliphatic rings. The van der Waals surface area contributed by atoms with Crippen molar-refractivity contribution in [3.8, 4) is 0 Å². The molecule has 2 N–H and O–H groups in total. The van der Waals surface area contributed by atoms with E-state index < -0.39 is 0 Å². The molecule has 0 aromatic rings. The predicted octanol–water partition coefficient (Wildman–Crippen LogP) is 3.25. The summed E-state index contributed by atoms with van der Waals surface area (Å²) in [5.41, 5.74) is 5.70. The molecule has 2 nitrogen and oxygen atoms in total. The highest BCUT2D eigenvalue weighted by atomic mass is 16.1. The Morgan fingerprint density at radius 3 is 2.33 bits per heavy atom. The van der Waals surface area contributed by atoms with Crippen molar-refractivity contribution in [3.63, 3.8) is 0 Å². The molecule has 0 unspecified atom stereocenters. The van der Waals surface area contributed by atoms with Crippen molar-refractivity contribution in [2.24, 2.45) is 17.1 Å². The second-order valence-corrected chi connectivity index (χ2v) is 5.86. The zero-order valence-electron chi connectivity index (χ0n) is 10.2. The van der Waals surface area contributed by atoms with E-state index in [0.29, 0.717) is 11.8 Å². The lowest BCUT2D eigenvalue weighted by Gasteiger charge is -2.42. The maximum absolute atomic E-state index is 10.5. The van der Waals surface area contributed by atoms with E-state index in [4.69, 9.17) is 5.73 Å². The summed E-state index contributed by atoms with van der Waals surface area (Å²) >= 11 is 0. The molecule has 0 aromatic heterocycles. The van der Waals surface area contributed by atoms with E-state index in [9.17, 15) is 4.79 Å². The number of nitrogens with two attached hydrogens (primary N) is 1. The standard InChI is InChI=1S/C13H25NO/c1-13(2)9-11(10-13)7-5-3-4-6-8-12(14)15/h11H,3-10H2,1-2H3,(H2,14,15). The fourth-order valence-electron chi connectivity index (χ4n) is 2.79. The molecule has 0 saturated heterocycles. The van der Waals surface area contributed by atoms with Crippen molar-refractivity contribution in [3.05, 3.63) is 0 Å². The average molecular weight is 211 g/mol. The number of unbranched alkanes of at least 4 members (excludes halogenated alkanes) is 3. The van der Waals surface area contributed by atoms with Crippen LogP contribution in [0, 0.1) is 11.3 Å². The third-order valence-electron chi connectivity index (χ3n) is 3.47. The molecule has 0 radical (unpaired) electrons. The van der Waals surface area contributed by atoms with Gasteiger partial charge in [-0.15, -0.1) is 0 Å². The Bertz CT molecular complexity index is 203. The summed E-state index contributed by atoms with van der Waals surface area (Å²) in [6.45, 7) is 4.71. The monoisotopic (exact) mass is 211 g/mol. The SMILES string of the molecule is CC1(C)CC(CCCCCCC(N)=O)C1. The number of rotatable bonds is 7. The Balaban J connectivity index is 1.84. The fraction of sp³-hybridized carbons (Fsp3) is 0.923. The van der Waals surface area contributed by atoms with Crippen molar-refractivity contribution in [2.45, 2.75) is 65.2 Å². The first-order valence-corrected chi connectivity index (χ1v) is 6.28. The summed E-state index contributed by atoms with van der Waals surface area (Å²) < 4.78 is 0. The van der Waals surface area contributed by atoms with Gasteiger partial charge >= 0.3 is 0 Å². The Labute approximate surface area is 93.6 Å². The summed E-state index contributed by atoms with van der Waals surface area (Å²) in [4.78, 5) is 10.5. The predicted molar refractivity (Wildman–Crippen MR) is 63.4 cm³/mol. The van der Waals surface area contributed by atoms with Crippen LogP contribution in [0.4, 0.5) is 0 Å². The number of carbonyl (C=O) groups excluding carboxylic acids is 1. The van der Waals surface area contributed by atoms with Crippen molar-refractivity contribution in [1.82, 2.24) is 0 Å². The van der Waals surface area contributed by atoms with Crippen LogP contribution in [-0.4, -0.2) is 5.91 Å². The Hall–Kier alpha value is -0.530. The zero-order valence-corrected chi connectivity index (χ0v) is 10.2. The molecular formula is C13H25NO. The van der Waals surface area contributed by atoms with Gasteiger partial charge in [-0.2, -0.15) is 0 Å². The lowest BCUT2D eigenvalue weighted by Crippen LogP contribution is -2.31. The minimum Gasteiger partial charge on any atom is -0.370 e. The lowest BCUT2D eigenvalue weighted by molar-refractivity contribution is -0.118. The molecule has 1 rings (SSSR count). The van der Waals surface area contributed by atoms with Crippen molar-refractivity contribution in [1.29, 1.82) is 0 Å². The number of hydrogen-bond donors (Lipinski definition) is 1. The first-order chi connectivity index (χ1) is 6.99. The van der Waals surface area contributed by atoms with Gasteiger partial charge in [0, 0.05) is 6.42 Å². The molecule has 1 aliphatic carbocycles. The van der Waals surface area contributed by atoms with Crippen LogP contribution in [0.2, 0.25) is 0 Å². The fourth-order valence-corrected chi connectivity index (χ4v) is 2.79. The smallest absolute Gasteiger partial charge is 0.217 e. The molecule has 0 atom stereocenters. The number of carbonyl (C=O) groups is 1. The Kier molecular flexibility index (Phi) is 4.62. The molecule has 0 aliphatic heterocycles. The minimum absolute atomic E-state index is 0.157. The van der Waals surface area contributed by atoms with Crippen LogP contribution in [0.15, 0.2) is 0 Å². The van der Waals surface area contributed by atoms with Gasteiger partial charge in [-0.3, -0.25) is 4.79 Å². The van der Waals surface area contributed by atoms with Gasteiger partial charge in [-0.25, -0.2) is 0 Å². The zero-order chi connectivity index (χ0) is 11.3. The summed E-state index contributed by atoms with van der Waals surface area (Å²) in [5, 5.41) is 0. The van der Waals surface area contributed by atoms with Gasteiger partial charge in [0.15, 0.2) is 0 Å². The molecule has 15 heavy (non-hydrogen) atoms. The molecule has 0 spiro atoms. The van der Waals surface area contributed by atoms with Crippen LogP contribution >= 0.6 is 0 Å². The molecule has 2 heteroatoms. The molecule has 1 amide bonds. The Morgan fingerprint density at radius 2 is 1.80 bits per heavy atom. The number of hydrogen-bond acceptors (Lipinski definition) is 1. The summed E-state index contributed by atoms with van der Waals surface area (Å²) in [6.07, 6.45) is 9.52. The van der Waals surface area contributed by atoms with E-state index in [0.717, 1.165) is 12.3 Å². The van der Waals surface area contributed by atoms with Crippen molar-refractivity contribution in [2.75, 3.05) is 0 Å². The van der Waals surface area contributed by atoms with Crippen LogP contribution in [0.5, 0.6) is 0 Å². The van der Waals surface area contributed by atoms with Gasteiger partial charge in [0.1, 0.15) is 0 Å². The minimum atomic E-state index is -0.157. The number of amides is 1. The van der Waals surface area contributed by atoms with Crippen molar-refractivity contribution >= 4 is 5.91 Å². The molecule has 1 saturated carbocycles. The normalized spacial score (nSPS) is 19.9. The van der Waals surface area contributed by atoms with E-state index in [1.807, 2.05) is 0 Å². The van der Waals surface area contributed by atoms with E-state index >= 15 is 0 Å². The quantitative estimate of drug-likeness (QED) is 0.645. The van der Waals surface area contributed by atoms with E-state index in [2.05, 4.69) is 13.8 Å². The molecular weight excluding hydrogens is 186 g/mol. The number of primary amides is 1. The van der Waals surface area contributed by atoms with E-state index in [-0.39, 0.29) is 5.91 Å². The van der Waals surface area contributed by atoms with Crippen LogP contribution in [0.1, 0.15) is 65.2 Å². The third-order valence-corrected chi connectivity index (χ3v) is 3.47. The third kappa shape index (κ3) is 5.19. The van der Waals surface area contributed by atoms with Crippen molar-refractivity contribution < 1.29 is 4.79 Å². The summed E-state index contributed by atoms with van der Waals surface area (Å²) in [6, 6.07) is 0. The maximum Gasteiger partial charge on any atom is 0.217 e. The molecule has 0 aromatic carbocycles. The molecule has 1 fully saturated rings. The highest BCUT2D eigenvalue weighted by molar-refractivity contribution is 5.73. The first kappa shape index (κ1) is 12.5. The van der Waals surface area contributed by atoms with Crippen LogP contribution in [-0.2, 0) is 4.79 Å². The largest absolute Gasteiger partial charge is 0.370 e. The van der Waals surface area contributed by atoms with Gasteiger partial charge in [0.05, 0.1) is 0 Å². The molecule has 88 valence electrons. The van der Waals surface area contributed by atoms with E-state index in [1.54, 1.807) is 0 Å². The van der Waals surface area contributed by atoms with Gasteiger partial charge < -0.3 is 5.73 Å². The highest BCUT2D eigenvalue weighted by Gasteiger charge is 2.34. The van der Waals surface area contributed by atoms with Crippen LogP contribution in [0.3, 0.4) is 0 Å². The van der Waals surface area contributed by atoms with Gasteiger partial charge in [-0.05, 0) is 30.6 Å². The molecule has 0 bridgehead atoms. The first-order valence-electron chi connectivity index (χ1n) is 6.28. The Morgan fingerprint density at radius 1 is 1.20 bits per heavy atom. The van der Waals surface area contributed by atoms with Gasteiger partial charge in [0.25, 0.3) is 0 Å². The summed E-state index contributed by atoms with van der Waals surface area (Å²) in [7, 11) is 0. The van der Waals surface area contributed by atoms with Gasteiger partial charge in [-0.1, -0.05) is 39.5 Å². The second-order valence-electron chi connectivity index (χ2n) is 5.86. The second kappa shape index (κ2) is 5.53.